The van der Waals surface area contributed by atoms with Gasteiger partial charge in [-0.2, -0.15) is 8.42 Å². The fraction of sp³-hybridized carbons (Fsp3) is 0.766. The fourth-order valence-corrected chi connectivity index (χ4v) is 13.1. The minimum atomic E-state index is -4.10. The lowest BCUT2D eigenvalue weighted by Gasteiger charge is -2.47. The molecule has 1 aromatic carbocycles. The lowest BCUT2D eigenvalue weighted by Crippen LogP contribution is -2.61. The summed E-state index contributed by atoms with van der Waals surface area (Å²) in [6.45, 7) is 12.5. The van der Waals surface area contributed by atoms with Gasteiger partial charge in [-0.3, -0.25) is 8.98 Å². The van der Waals surface area contributed by atoms with Gasteiger partial charge in [0.1, 0.15) is 36.3 Å². The van der Waals surface area contributed by atoms with Crippen LogP contribution in [0.5, 0.6) is 0 Å². The number of carbonyl (C=O) groups excluding carboxylic acids is 1. The van der Waals surface area contributed by atoms with Gasteiger partial charge in [0.15, 0.2) is 5.79 Å². The molecule has 1 N–H and O–H groups in total. The van der Waals surface area contributed by atoms with E-state index in [-0.39, 0.29) is 109 Å². The third kappa shape index (κ3) is 8.45. The first kappa shape index (κ1) is 43.8. The Morgan fingerprint density at radius 1 is 0.790 bits per heavy atom. The van der Waals surface area contributed by atoms with Gasteiger partial charge in [0.05, 0.1) is 78.6 Å². The van der Waals surface area contributed by atoms with E-state index in [1.54, 1.807) is 19.2 Å². The molecule has 0 aromatic heterocycles. The van der Waals surface area contributed by atoms with Gasteiger partial charge in [-0.25, -0.2) is 0 Å². The molecule has 0 amide bonds. The summed E-state index contributed by atoms with van der Waals surface area (Å²) < 4.78 is 91.6. The first-order valence-electron chi connectivity index (χ1n) is 23.1. The van der Waals surface area contributed by atoms with Gasteiger partial charge in [0, 0.05) is 51.6 Å². The summed E-state index contributed by atoms with van der Waals surface area (Å²) in [6.07, 6.45) is 2.06. The molecule has 14 nitrogen and oxygen atoms in total. The highest BCUT2D eigenvalue weighted by atomic mass is 32.2. The number of ketones is 1. The Bertz CT molecular complexity index is 1960. The first-order valence-corrected chi connectivity index (χ1v) is 24.5. The van der Waals surface area contributed by atoms with Crippen LogP contribution >= 0.6 is 0 Å². The van der Waals surface area contributed by atoms with Gasteiger partial charge < -0.3 is 47.7 Å². The standard InChI is InChI=1S/C47H64O14S/c1-24-6-10-33(11-7-24)62(50,51)53-23-29(49)20-39-41(52-5)34-19-28(48)18-31-9-13-36-42(56-31)46-45-44(58-36)43-40(59-45)22-47(60-43,61-46)15-14-32-17-26(3)35(54-32)12-8-30-16-25(2)27(4)37(55-30)21-38(34)57-39/h6-7,10-11,25,29-32,34-46,49H,3-4,8-9,12-23H2,1-2,5H3/t25-,29+,30+,31-,32+,34+,35+,36+,37-,38+,39-,40-,41-,42+,43+,44?,45-,46+,47+/m1/s1. The Balaban J connectivity index is 0.891. The van der Waals surface area contributed by atoms with Gasteiger partial charge in [0.2, 0.25) is 0 Å². The van der Waals surface area contributed by atoms with Crippen molar-refractivity contribution in [3.05, 3.63) is 54.1 Å². The van der Waals surface area contributed by atoms with E-state index in [1.165, 1.54) is 12.1 Å². The van der Waals surface area contributed by atoms with Crippen LogP contribution in [0.15, 0.2) is 53.5 Å². The maximum Gasteiger partial charge on any atom is 0.297 e. The van der Waals surface area contributed by atoms with Crippen molar-refractivity contribution in [2.75, 3.05) is 13.7 Å². The number of benzene rings is 1. The highest BCUT2D eigenvalue weighted by Crippen LogP contribution is 2.54. The summed E-state index contributed by atoms with van der Waals surface area (Å²) >= 11 is 0. The van der Waals surface area contributed by atoms with Crippen LogP contribution in [0.2, 0.25) is 0 Å². The Morgan fingerprint density at radius 3 is 2.32 bits per heavy atom. The van der Waals surface area contributed by atoms with E-state index >= 15 is 0 Å². The molecule has 10 saturated heterocycles. The molecule has 0 saturated carbocycles. The SMILES string of the molecule is C=C1C[C@@H]2CC[C@@]34C[C@H]5O[C@@H]6C(O[C@H]7CC[C@H](CC(=O)C[C@@H]8[C@@H](OC)[C@@H](C[C@H](O)COS(=O)(=O)c9ccc(C)cc9)O[C@H]8C[C@H]8O[C@@H](CC[C@@H]1O2)C[C@@H](C)C8=C)O[C@@H]7[C@@H]6O3)[C@H]5O4. The predicted molar refractivity (Wildman–Crippen MR) is 222 cm³/mol. The number of ether oxygens (including phenoxy) is 9. The monoisotopic (exact) mass is 884 g/mol. The quantitative estimate of drug-likeness (QED) is 0.281. The van der Waals surface area contributed by atoms with Gasteiger partial charge in [-0.15, -0.1) is 0 Å². The van der Waals surface area contributed by atoms with E-state index in [0.29, 0.717) is 25.7 Å². The lowest BCUT2D eigenvalue weighted by molar-refractivity contribution is -0.292. The number of methoxy groups -OCH3 is 1. The molecule has 342 valence electrons. The van der Waals surface area contributed by atoms with Gasteiger partial charge in [-0.05, 0) is 81.1 Å². The van der Waals surface area contributed by atoms with Crippen LogP contribution in [0.1, 0.15) is 96.0 Å². The molecule has 15 heteroatoms. The number of fused-ring (bicyclic) bond motifs is 6. The van der Waals surface area contributed by atoms with Gasteiger partial charge in [0.25, 0.3) is 10.1 Å². The van der Waals surface area contributed by atoms with Crippen molar-refractivity contribution in [3.63, 3.8) is 0 Å². The van der Waals surface area contributed by atoms with Gasteiger partial charge >= 0.3 is 0 Å². The molecular weight excluding hydrogens is 821 g/mol. The Kier molecular flexibility index (Phi) is 12.2. The average molecular weight is 885 g/mol. The molecule has 10 heterocycles. The van der Waals surface area contributed by atoms with Crippen LogP contribution in [0.25, 0.3) is 0 Å². The summed E-state index contributed by atoms with van der Waals surface area (Å²) in [5, 5.41) is 11.2. The molecule has 0 aliphatic carbocycles. The zero-order valence-electron chi connectivity index (χ0n) is 36.2. The second kappa shape index (κ2) is 17.3. The number of aliphatic hydroxyl groups is 1. The Hall–Kier alpha value is -2.12. The molecule has 19 atom stereocenters. The largest absolute Gasteiger partial charge is 0.391 e. The molecule has 1 aromatic rings. The number of carbonyl (C=O) groups is 1. The van der Waals surface area contributed by atoms with Crippen molar-refractivity contribution in [1.29, 1.82) is 0 Å². The van der Waals surface area contributed by atoms with Crippen LogP contribution in [0.4, 0.5) is 0 Å². The van der Waals surface area contributed by atoms with Crippen molar-refractivity contribution in [2.45, 2.75) is 206 Å². The Morgan fingerprint density at radius 2 is 1.52 bits per heavy atom. The highest BCUT2D eigenvalue weighted by molar-refractivity contribution is 7.86. The maximum atomic E-state index is 14.3. The van der Waals surface area contributed by atoms with E-state index < -0.39 is 53.0 Å². The first-order chi connectivity index (χ1) is 29.7. The van der Waals surface area contributed by atoms with Crippen LogP contribution in [-0.4, -0.2) is 136 Å². The van der Waals surface area contributed by atoms with Crippen molar-refractivity contribution in [1.82, 2.24) is 0 Å². The summed E-state index contributed by atoms with van der Waals surface area (Å²) in [6, 6.07) is 6.35. The second-order valence-electron chi connectivity index (χ2n) is 19.7. The summed E-state index contributed by atoms with van der Waals surface area (Å²) in [5.41, 5.74) is 3.01. The van der Waals surface area contributed by atoms with Gasteiger partial charge in [-0.1, -0.05) is 37.8 Å². The number of hydrogen-bond donors (Lipinski definition) is 1. The zero-order chi connectivity index (χ0) is 43.1. The van der Waals surface area contributed by atoms with E-state index in [2.05, 4.69) is 20.1 Å². The third-order valence-electron chi connectivity index (χ3n) is 15.4. The topological polar surface area (TPSA) is 164 Å². The van der Waals surface area contributed by atoms with Crippen LogP contribution < -0.4 is 0 Å². The molecular formula is C47H64O14S. The van der Waals surface area contributed by atoms with Crippen LogP contribution in [-0.2, 0) is 61.7 Å². The van der Waals surface area contributed by atoms with E-state index in [1.807, 2.05) is 6.92 Å². The van der Waals surface area contributed by atoms with Crippen molar-refractivity contribution < 1.29 is 65.1 Å². The molecule has 1 unspecified atom stereocenters. The normalized spacial score (nSPS) is 46.1. The molecule has 62 heavy (non-hydrogen) atoms. The molecule has 12 bridgehead atoms. The van der Waals surface area contributed by atoms with Crippen molar-refractivity contribution in [3.8, 4) is 0 Å². The number of Topliss-reactive ketones (excluding diaryl/α,β-unsaturated/α-hetero) is 1. The van der Waals surface area contributed by atoms with Crippen LogP contribution in [0, 0.1) is 18.8 Å². The van der Waals surface area contributed by atoms with E-state index in [4.69, 9.17) is 46.8 Å². The Labute approximate surface area is 365 Å². The number of rotatable bonds is 7. The van der Waals surface area contributed by atoms with E-state index in [9.17, 15) is 18.3 Å². The molecule has 10 aliphatic heterocycles. The maximum absolute atomic E-state index is 14.3. The smallest absolute Gasteiger partial charge is 0.297 e. The molecule has 11 rings (SSSR count). The van der Waals surface area contributed by atoms with Crippen molar-refractivity contribution in [2.24, 2.45) is 11.8 Å². The molecule has 10 aliphatic rings. The third-order valence-corrected chi connectivity index (χ3v) is 16.7. The van der Waals surface area contributed by atoms with Crippen molar-refractivity contribution >= 4 is 15.9 Å². The minimum Gasteiger partial charge on any atom is -0.391 e. The average Bonchev–Trinajstić information content (AvgIpc) is 3.92. The molecule has 1 spiro atoms. The summed E-state index contributed by atoms with van der Waals surface area (Å²) in [5.74, 6) is -0.984. The summed E-state index contributed by atoms with van der Waals surface area (Å²) in [4.78, 5) is 14.3. The fourth-order valence-electron chi connectivity index (χ4n) is 12.2. The highest BCUT2D eigenvalue weighted by Gasteiger charge is 2.68. The lowest BCUT2D eigenvalue weighted by atomic mass is 9.81. The number of aliphatic hydroxyl groups excluding tert-OH is 1. The van der Waals surface area contributed by atoms with E-state index in [0.717, 1.165) is 55.2 Å². The molecule has 10 fully saturated rings. The van der Waals surface area contributed by atoms with Crippen LogP contribution in [0.3, 0.4) is 0 Å². The minimum absolute atomic E-state index is 0.00868. The number of aryl methyl sites for hydroxylation is 1. The molecule has 0 radical (unpaired) electrons. The zero-order valence-corrected chi connectivity index (χ0v) is 37.0. The predicted octanol–water partition coefficient (Wildman–Crippen LogP) is 5.19. The number of hydrogen-bond acceptors (Lipinski definition) is 14. The summed E-state index contributed by atoms with van der Waals surface area (Å²) in [7, 11) is -2.52. The second-order valence-corrected chi connectivity index (χ2v) is 21.4.